The van der Waals surface area contributed by atoms with Crippen LogP contribution in [0.1, 0.15) is 43.9 Å². The highest BCUT2D eigenvalue weighted by Crippen LogP contribution is 2.28. The third kappa shape index (κ3) is 3.14. The Labute approximate surface area is 126 Å². The number of para-hydroxylation sites is 1. The average Bonchev–Trinajstić information content (AvgIpc) is 2.82. The van der Waals surface area contributed by atoms with Crippen molar-refractivity contribution in [1.29, 1.82) is 0 Å². The van der Waals surface area contributed by atoms with Gasteiger partial charge in [0, 0.05) is 37.1 Å². The van der Waals surface area contributed by atoms with Crippen molar-refractivity contribution in [2.75, 3.05) is 7.11 Å². The molecule has 1 saturated carbocycles. The highest BCUT2D eigenvalue weighted by atomic mass is 16.5. The number of unbranched alkanes of at least 4 members (excludes halogenated alkanes) is 1. The van der Waals surface area contributed by atoms with Crippen LogP contribution in [0.5, 0.6) is 0 Å². The molecule has 1 aliphatic rings. The molecule has 0 amide bonds. The minimum atomic E-state index is 0.447. The second kappa shape index (κ2) is 6.63. The molecule has 0 unspecified atom stereocenters. The van der Waals surface area contributed by atoms with Crippen LogP contribution in [0, 0.1) is 0 Å². The molecule has 1 N–H and O–H groups in total. The minimum Gasteiger partial charge on any atom is -0.461 e. The molecule has 3 nitrogen and oxygen atoms in total. The average molecular weight is 287 g/mol. The molecule has 0 saturated heterocycles. The summed E-state index contributed by atoms with van der Waals surface area (Å²) in [5, 5.41) is 4.92. The van der Waals surface area contributed by atoms with Crippen LogP contribution in [0.25, 0.3) is 11.0 Å². The van der Waals surface area contributed by atoms with E-state index < -0.39 is 0 Å². The lowest BCUT2D eigenvalue weighted by Gasteiger charge is -2.34. The van der Waals surface area contributed by atoms with Gasteiger partial charge in [0.05, 0.1) is 6.10 Å². The molecular weight excluding hydrogens is 262 g/mol. The lowest BCUT2D eigenvalue weighted by molar-refractivity contribution is 0.0170. The Kier molecular flexibility index (Phi) is 4.61. The van der Waals surface area contributed by atoms with E-state index in [1.54, 1.807) is 7.11 Å². The molecule has 1 aliphatic carbocycles. The maximum absolute atomic E-state index is 6.06. The molecule has 0 bridgehead atoms. The zero-order valence-electron chi connectivity index (χ0n) is 13.0. The predicted molar refractivity (Wildman–Crippen MR) is 85.5 cm³/mol. The highest BCUT2D eigenvalue weighted by molar-refractivity contribution is 5.82. The fourth-order valence-corrected chi connectivity index (χ4v) is 3.05. The van der Waals surface area contributed by atoms with Gasteiger partial charge in [-0.2, -0.15) is 0 Å². The van der Waals surface area contributed by atoms with Crippen LogP contribution >= 0.6 is 0 Å². The van der Waals surface area contributed by atoms with Crippen LogP contribution in [0.3, 0.4) is 0 Å². The van der Waals surface area contributed by atoms with Crippen LogP contribution in [-0.2, 0) is 17.7 Å². The Morgan fingerprint density at radius 3 is 2.86 bits per heavy atom. The van der Waals surface area contributed by atoms with Crippen molar-refractivity contribution in [1.82, 2.24) is 5.32 Å². The first-order valence-electron chi connectivity index (χ1n) is 8.07. The number of hydrogen-bond acceptors (Lipinski definition) is 3. The quantitative estimate of drug-likeness (QED) is 0.834. The number of nitrogens with one attached hydrogen (secondary N) is 1. The Morgan fingerprint density at radius 1 is 1.29 bits per heavy atom. The van der Waals surface area contributed by atoms with Gasteiger partial charge >= 0.3 is 0 Å². The molecule has 1 aromatic carbocycles. The Hall–Kier alpha value is -1.32. The number of methoxy groups -OCH3 is 1. The summed E-state index contributed by atoms with van der Waals surface area (Å²) in [5.74, 6) is 1.16. The first-order chi connectivity index (χ1) is 10.3. The van der Waals surface area contributed by atoms with Crippen molar-refractivity contribution in [2.24, 2.45) is 0 Å². The third-order valence-electron chi connectivity index (χ3n) is 4.53. The third-order valence-corrected chi connectivity index (χ3v) is 4.53. The molecule has 0 spiro atoms. The Balaban J connectivity index is 1.72. The standard InChI is InChI=1S/C18H25NO2/c1-3-4-8-18-16(12-19-13-10-14(11-13)20-2)15-7-5-6-9-17(15)21-18/h5-7,9,13-14,19H,3-4,8,10-12H2,1-2H3. The lowest BCUT2D eigenvalue weighted by atomic mass is 9.89. The molecular formula is C18H25NO2. The summed E-state index contributed by atoms with van der Waals surface area (Å²) in [6.45, 7) is 3.12. The van der Waals surface area contributed by atoms with Crippen LogP contribution in [0.15, 0.2) is 28.7 Å². The zero-order valence-corrected chi connectivity index (χ0v) is 13.0. The molecule has 1 heterocycles. The Morgan fingerprint density at radius 2 is 2.10 bits per heavy atom. The van der Waals surface area contributed by atoms with Crippen LogP contribution in [0.2, 0.25) is 0 Å². The SMILES string of the molecule is CCCCc1oc2ccccc2c1CNC1CC(OC)C1. The largest absolute Gasteiger partial charge is 0.461 e. The van der Waals surface area contributed by atoms with E-state index in [9.17, 15) is 0 Å². The van der Waals surface area contributed by atoms with E-state index >= 15 is 0 Å². The van der Waals surface area contributed by atoms with Gasteiger partial charge in [0.25, 0.3) is 0 Å². The van der Waals surface area contributed by atoms with Crippen molar-refractivity contribution >= 4 is 11.0 Å². The van der Waals surface area contributed by atoms with E-state index in [0.29, 0.717) is 12.1 Å². The number of fused-ring (bicyclic) bond motifs is 1. The van der Waals surface area contributed by atoms with Gasteiger partial charge in [-0.1, -0.05) is 31.5 Å². The van der Waals surface area contributed by atoms with E-state index in [1.165, 1.54) is 23.8 Å². The van der Waals surface area contributed by atoms with Gasteiger partial charge in [0.15, 0.2) is 0 Å². The number of hydrogen-bond donors (Lipinski definition) is 1. The van der Waals surface area contributed by atoms with Crippen molar-refractivity contribution < 1.29 is 9.15 Å². The molecule has 0 atom stereocenters. The number of ether oxygens (including phenoxy) is 1. The molecule has 0 aliphatic heterocycles. The molecule has 1 aromatic heterocycles. The van der Waals surface area contributed by atoms with E-state index in [4.69, 9.17) is 9.15 Å². The van der Waals surface area contributed by atoms with Gasteiger partial charge in [-0.05, 0) is 25.3 Å². The minimum absolute atomic E-state index is 0.447. The molecule has 114 valence electrons. The van der Waals surface area contributed by atoms with Crippen molar-refractivity contribution in [3.63, 3.8) is 0 Å². The fraction of sp³-hybridized carbons (Fsp3) is 0.556. The van der Waals surface area contributed by atoms with Crippen molar-refractivity contribution in [3.05, 3.63) is 35.6 Å². The van der Waals surface area contributed by atoms with Gasteiger partial charge in [-0.3, -0.25) is 0 Å². The van der Waals surface area contributed by atoms with Crippen molar-refractivity contribution in [3.8, 4) is 0 Å². The molecule has 1 fully saturated rings. The molecule has 21 heavy (non-hydrogen) atoms. The van der Waals surface area contributed by atoms with Gasteiger partial charge < -0.3 is 14.5 Å². The smallest absolute Gasteiger partial charge is 0.134 e. The molecule has 3 heteroatoms. The summed E-state index contributed by atoms with van der Waals surface area (Å²) in [5.41, 5.74) is 2.36. The number of rotatable bonds is 7. The van der Waals surface area contributed by atoms with Crippen LogP contribution in [0.4, 0.5) is 0 Å². The zero-order chi connectivity index (χ0) is 14.7. The first-order valence-corrected chi connectivity index (χ1v) is 8.07. The number of furan rings is 1. The van der Waals surface area contributed by atoms with Gasteiger partial charge in [0.1, 0.15) is 11.3 Å². The number of benzene rings is 1. The first kappa shape index (κ1) is 14.6. The van der Waals surface area contributed by atoms with Crippen LogP contribution < -0.4 is 5.32 Å². The number of aryl methyl sites for hydroxylation is 1. The van der Waals surface area contributed by atoms with Gasteiger partial charge in [0.2, 0.25) is 0 Å². The van der Waals surface area contributed by atoms with Crippen molar-refractivity contribution in [2.45, 2.75) is 57.7 Å². The summed E-state index contributed by atoms with van der Waals surface area (Å²) >= 11 is 0. The topological polar surface area (TPSA) is 34.4 Å². The van der Waals surface area contributed by atoms with Gasteiger partial charge in [-0.25, -0.2) is 0 Å². The molecule has 2 aromatic rings. The highest BCUT2D eigenvalue weighted by Gasteiger charge is 2.28. The predicted octanol–water partition coefficient (Wildman–Crippen LogP) is 4.04. The van der Waals surface area contributed by atoms with Gasteiger partial charge in [-0.15, -0.1) is 0 Å². The molecule has 0 radical (unpaired) electrons. The Bertz CT molecular complexity index is 584. The van der Waals surface area contributed by atoms with Crippen LogP contribution in [-0.4, -0.2) is 19.3 Å². The maximum Gasteiger partial charge on any atom is 0.134 e. The van der Waals surface area contributed by atoms with E-state index in [0.717, 1.165) is 37.2 Å². The van der Waals surface area contributed by atoms with E-state index in [2.05, 4.69) is 30.4 Å². The summed E-state index contributed by atoms with van der Waals surface area (Å²) in [7, 11) is 1.80. The summed E-state index contributed by atoms with van der Waals surface area (Å²) in [4.78, 5) is 0. The fourth-order valence-electron chi connectivity index (χ4n) is 3.05. The normalized spacial score (nSPS) is 21.6. The second-order valence-corrected chi connectivity index (χ2v) is 6.01. The summed E-state index contributed by atoms with van der Waals surface area (Å²) in [6.07, 6.45) is 6.10. The second-order valence-electron chi connectivity index (χ2n) is 6.01. The monoisotopic (exact) mass is 287 g/mol. The summed E-state index contributed by atoms with van der Waals surface area (Å²) in [6, 6.07) is 8.96. The lowest BCUT2D eigenvalue weighted by Crippen LogP contribution is -2.44. The van der Waals surface area contributed by atoms with E-state index in [1.807, 2.05) is 6.07 Å². The summed E-state index contributed by atoms with van der Waals surface area (Å²) < 4.78 is 11.4. The van der Waals surface area contributed by atoms with E-state index in [-0.39, 0.29) is 0 Å². The molecule has 3 rings (SSSR count). The maximum atomic E-state index is 6.06.